The summed E-state index contributed by atoms with van der Waals surface area (Å²) in [5.41, 5.74) is 4.03. The van der Waals surface area contributed by atoms with Gasteiger partial charge in [0.1, 0.15) is 0 Å². The number of benzene rings is 3. The topological polar surface area (TPSA) is 88.9 Å². The molecule has 0 aliphatic heterocycles. The van der Waals surface area contributed by atoms with Crippen LogP contribution in [0.1, 0.15) is 28.7 Å². The van der Waals surface area contributed by atoms with Crippen molar-refractivity contribution in [2.75, 3.05) is 16.4 Å². The van der Waals surface area contributed by atoms with E-state index in [0.717, 1.165) is 16.9 Å². The molecule has 0 spiro atoms. The number of para-hydroxylation sites is 1. The summed E-state index contributed by atoms with van der Waals surface area (Å²) in [5.74, 6) is 0.660. The van der Waals surface area contributed by atoms with Gasteiger partial charge in [0.2, 0.25) is 5.91 Å². The highest BCUT2D eigenvalue weighted by Crippen LogP contribution is 2.24. The first kappa shape index (κ1) is 24.5. The lowest BCUT2D eigenvalue weighted by atomic mass is 10.1. The minimum atomic E-state index is -0.179. The molecule has 0 unspecified atom stereocenters. The fourth-order valence-corrected chi connectivity index (χ4v) is 4.30. The zero-order valence-electron chi connectivity index (χ0n) is 19.3. The number of hydrogen-bond acceptors (Lipinski definition) is 6. The summed E-state index contributed by atoms with van der Waals surface area (Å²) in [4.78, 5) is 24.0. The third kappa shape index (κ3) is 6.29. The Bertz CT molecular complexity index is 1340. The highest BCUT2D eigenvalue weighted by Gasteiger charge is 2.16. The normalized spacial score (nSPS) is 10.7. The third-order valence-electron chi connectivity index (χ3n) is 5.24. The van der Waals surface area contributed by atoms with Crippen LogP contribution >= 0.6 is 23.4 Å². The Morgan fingerprint density at radius 1 is 0.971 bits per heavy atom. The second kappa shape index (κ2) is 11.2. The smallest absolute Gasteiger partial charge is 0.234 e. The molecule has 7 nitrogen and oxygen atoms in total. The number of nitrogens with zero attached hydrogens (tertiary/aromatic N) is 3. The van der Waals surface area contributed by atoms with Gasteiger partial charge in [-0.2, -0.15) is 0 Å². The van der Waals surface area contributed by atoms with Crippen molar-refractivity contribution in [3.8, 4) is 5.69 Å². The van der Waals surface area contributed by atoms with Crippen molar-refractivity contribution in [3.63, 3.8) is 0 Å². The summed E-state index contributed by atoms with van der Waals surface area (Å²) in [7, 11) is 0. The molecule has 4 rings (SSSR count). The van der Waals surface area contributed by atoms with E-state index in [1.807, 2.05) is 60.0 Å². The molecule has 1 aromatic heterocycles. The molecule has 0 radical (unpaired) electrons. The van der Waals surface area contributed by atoms with Crippen LogP contribution in [-0.4, -0.2) is 32.2 Å². The number of anilines is 2. The van der Waals surface area contributed by atoms with E-state index in [2.05, 4.69) is 20.8 Å². The van der Waals surface area contributed by atoms with Crippen molar-refractivity contribution >= 4 is 46.4 Å². The number of aryl methyl sites for hydroxylation is 1. The van der Waals surface area contributed by atoms with E-state index in [1.54, 1.807) is 24.3 Å². The van der Waals surface area contributed by atoms with Crippen LogP contribution in [0.25, 0.3) is 5.69 Å². The minimum absolute atomic E-state index is 0.0190. The van der Waals surface area contributed by atoms with Crippen LogP contribution in [-0.2, 0) is 11.3 Å². The first-order valence-corrected chi connectivity index (χ1v) is 12.3. The lowest BCUT2D eigenvalue weighted by Crippen LogP contribution is -2.15. The standard InChI is InChI=1S/C26H24ClN5O2S/c1-17-8-11-21(14-23(17)27)28-15-24-30-31-26(32(24)22-6-4-3-5-7-22)35-16-25(34)29-20-12-9-19(10-13-20)18(2)33/h3-14,28H,15-16H2,1-2H3,(H,29,34). The molecule has 178 valence electrons. The van der Waals surface area contributed by atoms with Crippen molar-refractivity contribution in [1.29, 1.82) is 0 Å². The Labute approximate surface area is 212 Å². The number of nitrogens with one attached hydrogen (secondary N) is 2. The van der Waals surface area contributed by atoms with Crippen LogP contribution in [0.4, 0.5) is 11.4 Å². The van der Waals surface area contributed by atoms with Gasteiger partial charge in [-0.25, -0.2) is 0 Å². The van der Waals surface area contributed by atoms with Crippen molar-refractivity contribution in [2.24, 2.45) is 0 Å². The maximum atomic E-state index is 12.5. The minimum Gasteiger partial charge on any atom is -0.378 e. The summed E-state index contributed by atoms with van der Waals surface area (Å²) >= 11 is 7.55. The van der Waals surface area contributed by atoms with Crippen molar-refractivity contribution in [1.82, 2.24) is 14.8 Å². The van der Waals surface area contributed by atoms with E-state index in [1.165, 1.54) is 18.7 Å². The fraction of sp³-hybridized carbons (Fsp3) is 0.154. The molecule has 9 heteroatoms. The molecule has 0 fully saturated rings. The molecule has 2 N–H and O–H groups in total. The number of rotatable bonds is 9. The van der Waals surface area contributed by atoms with Gasteiger partial charge in [0.05, 0.1) is 12.3 Å². The third-order valence-corrected chi connectivity index (χ3v) is 6.58. The molecule has 3 aromatic carbocycles. The van der Waals surface area contributed by atoms with E-state index >= 15 is 0 Å². The van der Waals surface area contributed by atoms with Gasteiger partial charge in [0.25, 0.3) is 0 Å². The Hall–Kier alpha value is -3.62. The van der Waals surface area contributed by atoms with Gasteiger partial charge < -0.3 is 10.6 Å². The Kier molecular flexibility index (Phi) is 7.84. The molecule has 0 saturated carbocycles. The first-order valence-electron chi connectivity index (χ1n) is 10.9. The number of carbonyl (C=O) groups is 2. The Morgan fingerprint density at radius 2 is 1.69 bits per heavy atom. The van der Waals surface area contributed by atoms with Gasteiger partial charge in [-0.3, -0.25) is 14.2 Å². The number of ketones is 1. The van der Waals surface area contributed by atoms with Crippen LogP contribution < -0.4 is 10.6 Å². The average Bonchev–Trinajstić information content (AvgIpc) is 3.27. The van der Waals surface area contributed by atoms with Crippen LogP contribution in [0, 0.1) is 6.92 Å². The maximum absolute atomic E-state index is 12.5. The number of Topliss-reactive ketones (excluding diaryl/α,β-unsaturated/α-hetero) is 1. The molecule has 0 aliphatic carbocycles. The number of amides is 1. The quantitative estimate of drug-likeness (QED) is 0.221. The SMILES string of the molecule is CC(=O)c1ccc(NC(=O)CSc2nnc(CNc3ccc(C)c(Cl)c3)n2-c2ccccc2)cc1. The number of carbonyl (C=O) groups excluding carboxylic acids is 2. The molecular weight excluding hydrogens is 482 g/mol. The molecule has 0 saturated heterocycles. The first-order chi connectivity index (χ1) is 16.9. The van der Waals surface area contributed by atoms with Gasteiger partial charge in [-0.1, -0.05) is 47.6 Å². The zero-order chi connectivity index (χ0) is 24.8. The number of hydrogen-bond donors (Lipinski definition) is 2. The predicted octanol–water partition coefficient (Wildman–Crippen LogP) is 5.77. The van der Waals surface area contributed by atoms with Crippen molar-refractivity contribution in [3.05, 3.63) is 94.8 Å². The van der Waals surface area contributed by atoms with Crippen LogP contribution in [0.5, 0.6) is 0 Å². The molecular formula is C26H24ClN5O2S. The molecule has 4 aromatic rings. The fourth-order valence-electron chi connectivity index (χ4n) is 3.34. The molecule has 0 atom stereocenters. The summed E-state index contributed by atoms with van der Waals surface area (Å²) in [6.07, 6.45) is 0. The van der Waals surface area contributed by atoms with E-state index in [-0.39, 0.29) is 17.4 Å². The van der Waals surface area contributed by atoms with E-state index in [9.17, 15) is 9.59 Å². The van der Waals surface area contributed by atoms with Gasteiger partial charge in [0.15, 0.2) is 16.8 Å². The van der Waals surface area contributed by atoms with E-state index in [4.69, 9.17) is 11.6 Å². The second-order valence-electron chi connectivity index (χ2n) is 7.86. The summed E-state index contributed by atoms with van der Waals surface area (Å²) < 4.78 is 1.93. The zero-order valence-corrected chi connectivity index (χ0v) is 20.9. The predicted molar refractivity (Wildman–Crippen MR) is 141 cm³/mol. The Morgan fingerprint density at radius 3 is 2.37 bits per heavy atom. The summed E-state index contributed by atoms with van der Waals surface area (Å²) in [6, 6.07) is 22.4. The summed E-state index contributed by atoms with van der Waals surface area (Å²) in [6.45, 7) is 3.89. The maximum Gasteiger partial charge on any atom is 0.234 e. The van der Waals surface area contributed by atoms with Gasteiger partial charge >= 0.3 is 0 Å². The van der Waals surface area contributed by atoms with Crippen molar-refractivity contribution < 1.29 is 9.59 Å². The average molecular weight is 506 g/mol. The monoisotopic (exact) mass is 505 g/mol. The number of aromatic nitrogens is 3. The van der Waals surface area contributed by atoms with Gasteiger partial charge in [0, 0.05) is 27.6 Å². The van der Waals surface area contributed by atoms with Crippen LogP contribution in [0.3, 0.4) is 0 Å². The van der Waals surface area contributed by atoms with Crippen LogP contribution in [0.15, 0.2) is 78.0 Å². The van der Waals surface area contributed by atoms with E-state index in [0.29, 0.717) is 33.8 Å². The molecule has 1 heterocycles. The summed E-state index contributed by atoms with van der Waals surface area (Å²) in [5, 5.41) is 16.2. The van der Waals surface area contributed by atoms with Crippen LogP contribution in [0.2, 0.25) is 5.02 Å². The highest BCUT2D eigenvalue weighted by atomic mass is 35.5. The van der Waals surface area contributed by atoms with Gasteiger partial charge in [-0.05, 0) is 67.9 Å². The van der Waals surface area contributed by atoms with Gasteiger partial charge in [-0.15, -0.1) is 10.2 Å². The highest BCUT2D eigenvalue weighted by molar-refractivity contribution is 7.99. The largest absolute Gasteiger partial charge is 0.378 e. The molecule has 0 bridgehead atoms. The molecule has 35 heavy (non-hydrogen) atoms. The molecule has 0 aliphatic rings. The lowest BCUT2D eigenvalue weighted by molar-refractivity contribution is -0.113. The number of thioether (sulfide) groups is 1. The number of halogens is 1. The molecule has 1 amide bonds. The van der Waals surface area contributed by atoms with E-state index < -0.39 is 0 Å². The Balaban J connectivity index is 1.47. The van der Waals surface area contributed by atoms with Crippen molar-refractivity contribution in [2.45, 2.75) is 25.5 Å². The second-order valence-corrected chi connectivity index (χ2v) is 9.21. The lowest BCUT2D eigenvalue weighted by Gasteiger charge is -2.12.